The Bertz CT molecular complexity index is 324. The molecule has 0 spiro atoms. The first-order valence-electron chi connectivity index (χ1n) is 2.17. The molecule has 0 aliphatic carbocycles. The molecule has 0 saturated carbocycles. The lowest BCUT2D eigenvalue weighted by Crippen LogP contribution is -1.51. The number of hydrogen-bond donors (Lipinski definition) is 0. The predicted octanol–water partition coefficient (Wildman–Crippen LogP) is 7.51. The average molecular weight is 385 g/mol. The fourth-order valence-electron chi connectivity index (χ4n) is 0.265. The van der Waals surface area contributed by atoms with Crippen molar-refractivity contribution in [1.29, 1.82) is 0 Å². The SMILES string of the molecule is FP(=S)(Cl)N=P(Cl)(Cl)N=P(Cl)(Cl)Cl. The molecule has 0 radical (unpaired) electrons. The molecule has 0 aromatic rings. The highest BCUT2D eigenvalue weighted by Crippen LogP contribution is 2.80. The van der Waals surface area contributed by atoms with Gasteiger partial charge in [0.1, 0.15) is 0 Å². The highest BCUT2D eigenvalue weighted by molar-refractivity contribution is 8.31. The van der Waals surface area contributed by atoms with Crippen molar-refractivity contribution in [1.82, 2.24) is 0 Å². The summed E-state index contributed by atoms with van der Waals surface area (Å²) in [6, 6.07) is 0. The van der Waals surface area contributed by atoms with Gasteiger partial charge in [0, 0.05) is 0 Å². The summed E-state index contributed by atoms with van der Waals surface area (Å²) in [4.78, 5) is 0. The second kappa shape index (κ2) is 5.41. The Balaban J connectivity index is 5.25. The van der Waals surface area contributed by atoms with Gasteiger partial charge in [0.05, 0.1) is 0 Å². The van der Waals surface area contributed by atoms with Crippen LogP contribution in [0.3, 0.4) is 0 Å². The average Bonchev–Trinajstić information content (AvgIpc) is 1.43. The normalized spacial score (nSPS) is 17.8. The molecule has 1 atom stereocenters. The molecule has 13 heteroatoms. The zero-order chi connectivity index (χ0) is 10.9. The van der Waals surface area contributed by atoms with Crippen LogP contribution in [0, 0.1) is 0 Å². The molecule has 0 rings (SSSR count). The molecule has 0 aromatic heterocycles. The van der Waals surface area contributed by atoms with Gasteiger partial charge in [-0.25, -0.2) is 0 Å². The highest BCUT2D eigenvalue weighted by atomic mass is 36.0. The van der Waals surface area contributed by atoms with E-state index in [1.165, 1.54) is 0 Å². The Labute approximate surface area is 108 Å². The van der Waals surface area contributed by atoms with Gasteiger partial charge >= 0.3 is 5.85 Å². The van der Waals surface area contributed by atoms with Gasteiger partial charge in [-0.05, 0) is 79.3 Å². The summed E-state index contributed by atoms with van der Waals surface area (Å²) in [5.41, 5.74) is 0. The standard InChI is InChI=1S/Cl6FN2P3S/c1-10(2,3)8-11(4,5)9-12(6,7)13. The molecule has 0 aromatic carbocycles. The summed E-state index contributed by atoms with van der Waals surface area (Å²) in [6.07, 6.45) is 0. The third-order valence-electron chi connectivity index (χ3n) is 0.421. The van der Waals surface area contributed by atoms with Crippen molar-refractivity contribution in [3.8, 4) is 0 Å². The van der Waals surface area contributed by atoms with Gasteiger partial charge in [0.15, 0.2) is 0 Å². The minimum Gasteiger partial charge on any atom is -0.191 e. The van der Waals surface area contributed by atoms with E-state index in [1.54, 1.807) is 0 Å². The van der Waals surface area contributed by atoms with Gasteiger partial charge < -0.3 is 0 Å². The fourth-order valence-corrected chi connectivity index (χ4v) is 13.9. The molecule has 0 bridgehead atoms. The Morgan fingerprint density at radius 3 is 1.54 bits per heavy atom. The lowest BCUT2D eigenvalue weighted by molar-refractivity contribution is 0.909. The smallest absolute Gasteiger partial charge is 0.191 e. The third-order valence-corrected chi connectivity index (χ3v) is 9.31. The molecule has 0 aliphatic heterocycles. The Morgan fingerprint density at radius 1 is 0.923 bits per heavy atom. The zero-order valence-electron chi connectivity index (χ0n) is 5.29. The van der Waals surface area contributed by atoms with Gasteiger partial charge in [-0.1, -0.05) is 0 Å². The Morgan fingerprint density at radius 2 is 1.31 bits per heavy atom. The molecule has 0 fully saturated rings. The molecule has 0 saturated heterocycles. The highest BCUT2D eigenvalue weighted by Gasteiger charge is 2.21. The van der Waals surface area contributed by atoms with E-state index in [0.29, 0.717) is 0 Å². The topological polar surface area (TPSA) is 24.7 Å². The van der Waals surface area contributed by atoms with E-state index in [4.69, 9.17) is 67.4 Å². The number of halogens is 7. The van der Waals surface area contributed by atoms with Crippen LogP contribution in [0.15, 0.2) is 9.03 Å². The van der Waals surface area contributed by atoms with Crippen LogP contribution >= 0.6 is 84.3 Å². The van der Waals surface area contributed by atoms with Crippen LogP contribution in [0.25, 0.3) is 0 Å². The second-order valence-corrected chi connectivity index (χ2v) is 18.2. The van der Waals surface area contributed by atoms with E-state index in [0.717, 1.165) is 0 Å². The van der Waals surface area contributed by atoms with Crippen LogP contribution in [-0.2, 0) is 11.8 Å². The predicted molar refractivity (Wildman–Crippen MR) is 69.2 cm³/mol. The fraction of sp³-hybridized carbons (Fsp3) is 0. The summed E-state index contributed by atoms with van der Waals surface area (Å²) >= 11 is 36.1. The molecule has 13 heavy (non-hydrogen) atoms. The van der Waals surface area contributed by atoms with Gasteiger partial charge in [0.25, 0.3) is 5.91 Å². The van der Waals surface area contributed by atoms with Crippen molar-refractivity contribution in [2.24, 2.45) is 9.03 Å². The van der Waals surface area contributed by atoms with E-state index in [1.807, 2.05) is 0 Å². The minimum atomic E-state index is -3.91. The maximum absolute atomic E-state index is 12.7. The number of nitrogens with zero attached hydrogens (tertiary/aromatic N) is 2. The summed E-state index contributed by atoms with van der Waals surface area (Å²) in [6.45, 7) is 0. The first kappa shape index (κ1) is 15.8. The summed E-state index contributed by atoms with van der Waals surface area (Å²) in [7, 11) is 0. The lowest BCUT2D eigenvalue weighted by Gasteiger charge is -2.05. The zero-order valence-corrected chi connectivity index (χ0v) is 13.3. The van der Waals surface area contributed by atoms with Crippen LogP contribution in [0.1, 0.15) is 0 Å². The molecule has 80 valence electrons. The van der Waals surface area contributed by atoms with Gasteiger partial charge in [-0.2, -0.15) is 13.2 Å². The van der Waals surface area contributed by atoms with Gasteiger partial charge in [0.2, 0.25) is 5.11 Å². The van der Waals surface area contributed by atoms with Crippen molar-refractivity contribution in [2.45, 2.75) is 0 Å². The molecule has 1 unspecified atom stereocenters. The number of hydrogen-bond acceptors (Lipinski definition) is 1. The summed E-state index contributed by atoms with van der Waals surface area (Å²) < 4.78 is 19.1. The molecule has 0 N–H and O–H groups in total. The molecule has 2 nitrogen and oxygen atoms in total. The molecule has 0 aliphatic rings. The first-order valence-corrected chi connectivity index (χ1v) is 13.7. The van der Waals surface area contributed by atoms with Crippen molar-refractivity contribution in [2.75, 3.05) is 0 Å². The molecule has 0 heterocycles. The number of rotatable bonds is 2. The van der Waals surface area contributed by atoms with Crippen molar-refractivity contribution >= 4 is 96.1 Å². The quantitative estimate of drug-likeness (QED) is 0.452. The Kier molecular flexibility index (Phi) is 6.56. The van der Waals surface area contributed by atoms with E-state index in [-0.39, 0.29) is 0 Å². The molecular formula is Cl6FN2P3S. The summed E-state index contributed by atoms with van der Waals surface area (Å²) in [5, 5.41) is -3.14. The Hall–Kier alpha value is 2.78. The van der Waals surface area contributed by atoms with Crippen LogP contribution < -0.4 is 0 Å². The third kappa shape index (κ3) is 11.1. The van der Waals surface area contributed by atoms with E-state index in [9.17, 15) is 4.20 Å². The maximum atomic E-state index is 12.7. The molecular weight excluding hydrogens is 385 g/mol. The van der Waals surface area contributed by atoms with Crippen molar-refractivity contribution in [3.63, 3.8) is 0 Å². The largest absolute Gasteiger partial charge is 0.308 e. The van der Waals surface area contributed by atoms with Gasteiger partial charge in [-0.3, -0.25) is 0 Å². The van der Waals surface area contributed by atoms with Crippen molar-refractivity contribution in [3.05, 3.63) is 0 Å². The van der Waals surface area contributed by atoms with E-state index < -0.39 is 16.9 Å². The maximum Gasteiger partial charge on any atom is 0.308 e. The van der Waals surface area contributed by atoms with E-state index >= 15 is 0 Å². The second-order valence-electron chi connectivity index (χ2n) is 1.49. The van der Waals surface area contributed by atoms with Crippen molar-refractivity contribution < 1.29 is 4.20 Å². The lowest BCUT2D eigenvalue weighted by atomic mass is 13.9. The first-order chi connectivity index (χ1) is 5.41. The van der Waals surface area contributed by atoms with Gasteiger partial charge in [-0.15, -0.1) is 0 Å². The minimum absolute atomic E-state index is 3.10. The molecule has 0 amide bonds. The van der Waals surface area contributed by atoms with E-state index in [2.05, 4.69) is 20.8 Å². The van der Waals surface area contributed by atoms with Crippen LogP contribution in [-0.4, -0.2) is 0 Å². The summed E-state index contributed by atoms with van der Waals surface area (Å²) in [5.74, 6) is -7.31. The monoisotopic (exact) mass is 382 g/mol. The van der Waals surface area contributed by atoms with Crippen LogP contribution in [0.2, 0.25) is 0 Å². The van der Waals surface area contributed by atoms with Crippen LogP contribution in [0.5, 0.6) is 0 Å². The van der Waals surface area contributed by atoms with Crippen LogP contribution in [0.4, 0.5) is 4.20 Å².